The van der Waals surface area contributed by atoms with Crippen molar-refractivity contribution in [2.24, 2.45) is 0 Å². The molecule has 0 bridgehead atoms. The lowest BCUT2D eigenvalue weighted by atomic mass is 10.1. The van der Waals surface area contributed by atoms with Gasteiger partial charge in [-0.1, -0.05) is 59.8 Å². The summed E-state index contributed by atoms with van der Waals surface area (Å²) in [6.45, 7) is 4.25. The molecule has 0 N–H and O–H groups in total. The molecule has 1 aromatic heterocycles. The zero-order valence-electron chi connectivity index (χ0n) is 13.1. The zero-order valence-corrected chi connectivity index (χ0v) is 13.9. The average molecular weight is 309 g/mol. The quantitative estimate of drug-likeness (QED) is 0.677. The van der Waals surface area contributed by atoms with E-state index in [1.54, 1.807) is 11.8 Å². The summed E-state index contributed by atoms with van der Waals surface area (Å²) in [6.07, 6.45) is 2.82. The van der Waals surface area contributed by atoms with Crippen LogP contribution in [0.25, 0.3) is 5.69 Å². The van der Waals surface area contributed by atoms with Crippen molar-refractivity contribution < 1.29 is 0 Å². The average Bonchev–Trinajstić information content (AvgIpc) is 2.91. The van der Waals surface area contributed by atoms with Gasteiger partial charge in [0, 0.05) is 6.42 Å². The van der Waals surface area contributed by atoms with Crippen LogP contribution in [0.1, 0.15) is 22.5 Å². The first kappa shape index (κ1) is 14.9. The van der Waals surface area contributed by atoms with Gasteiger partial charge in [-0.05, 0) is 37.3 Å². The molecule has 112 valence electrons. The van der Waals surface area contributed by atoms with Gasteiger partial charge in [-0.2, -0.15) is 0 Å². The van der Waals surface area contributed by atoms with Gasteiger partial charge in [0.05, 0.1) is 5.69 Å². The first-order valence-electron chi connectivity index (χ1n) is 7.29. The highest BCUT2D eigenvalue weighted by Gasteiger charge is 2.15. The number of aryl methyl sites for hydroxylation is 2. The van der Waals surface area contributed by atoms with E-state index in [0.29, 0.717) is 0 Å². The molecule has 3 rings (SSSR count). The van der Waals surface area contributed by atoms with E-state index in [4.69, 9.17) is 0 Å². The number of aromatic nitrogens is 3. The normalized spacial score (nSPS) is 10.9. The second kappa shape index (κ2) is 6.36. The Morgan fingerprint density at radius 1 is 1.00 bits per heavy atom. The van der Waals surface area contributed by atoms with Gasteiger partial charge < -0.3 is 0 Å². The first-order valence-corrected chi connectivity index (χ1v) is 8.51. The van der Waals surface area contributed by atoms with E-state index < -0.39 is 0 Å². The highest BCUT2D eigenvalue weighted by molar-refractivity contribution is 7.98. The van der Waals surface area contributed by atoms with Crippen molar-refractivity contribution >= 4 is 11.8 Å². The van der Waals surface area contributed by atoms with Gasteiger partial charge in [-0.3, -0.25) is 4.57 Å². The third-order valence-corrected chi connectivity index (χ3v) is 4.31. The Kier molecular flexibility index (Phi) is 4.29. The van der Waals surface area contributed by atoms with Crippen LogP contribution in [0.4, 0.5) is 0 Å². The highest BCUT2D eigenvalue weighted by Crippen LogP contribution is 2.24. The lowest BCUT2D eigenvalue weighted by molar-refractivity contribution is 0.842. The Morgan fingerprint density at radius 2 is 1.77 bits per heavy atom. The molecule has 1 heterocycles. The molecule has 22 heavy (non-hydrogen) atoms. The topological polar surface area (TPSA) is 30.7 Å². The lowest BCUT2D eigenvalue weighted by Crippen LogP contribution is -2.05. The van der Waals surface area contributed by atoms with Crippen LogP contribution in [0.5, 0.6) is 0 Å². The van der Waals surface area contributed by atoms with Crippen LogP contribution in [-0.4, -0.2) is 21.0 Å². The standard InChI is InChI=1S/C18H19N3S/c1-13-9-10-16(14(2)11-13)21-17(19-20-18(21)22-3)12-15-7-5-4-6-8-15/h4-11H,12H2,1-3H3. The van der Waals surface area contributed by atoms with Gasteiger partial charge in [-0.25, -0.2) is 0 Å². The Balaban J connectivity index is 2.07. The molecule has 2 aromatic carbocycles. The van der Waals surface area contributed by atoms with Gasteiger partial charge in [0.1, 0.15) is 5.82 Å². The fourth-order valence-corrected chi connectivity index (χ4v) is 3.13. The molecule has 0 fully saturated rings. The number of benzene rings is 2. The van der Waals surface area contributed by atoms with E-state index in [2.05, 4.69) is 71.1 Å². The highest BCUT2D eigenvalue weighted by atomic mass is 32.2. The van der Waals surface area contributed by atoms with Crippen LogP contribution < -0.4 is 0 Å². The maximum atomic E-state index is 4.41. The minimum atomic E-state index is 0.779. The monoisotopic (exact) mass is 309 g/mol. The van der Waals surface area contributed by atoms with Crippen LogP contribution in [0.2, 0.25) is 0 Å². The van der Waals surface area contributed by atoms with Gasteiger partial charge in [0.2, 0.25) is 0 Å². The summed E-state index contributed by atoms with van der Waals surface area (Å²) >= 11 is 1.62. The van der Waals surface area contributed by atoms with Crippen molar-refractivity contribution in [2.75, 3.05) is 6.26 Å². The zero-order chi connectivity index (χ0) is 15.5. The second-order valence-corrected chi connectivity index (χ2v) is 6.16. The summed E-state index contributed by atoms with van der Waals surface area (Å²) in [5.41, 5.74) is 4.91. The smallest absolute Gasteiger partial charge is 0.195 e. The lowest BCUT2D eigenvalue weighted by Gasteiger charge is -2.13. The third kappa shape index (κ3) is 2.92. The molecule has 0 spiro atoms. The van der Waals surface area contributed by atoms with E-state index in [9.17, 15) is 0 Å². The van der Waals surface area contributed by atoms with Gasteiger partial charge in [0.15, 0.2) is 5.16 Å². The van der Waals surface area contributed by atoms with Crippen LogP contribution in [0, 0.1) is 13.8 Å². The Bertz CT molecular complexity index is 778. The number of hydrogen-bond acceptors (Lipinski definition) is 3. The van der Waals surface area contributed by atoms with Crippen molar-refractivity contribution in [2.45, 2.75) is 25.4 Å². The first-order chi connectivity index (χ1) is 10.7. The number of rotatable bonds is 4. The van der Waals surface area contributed by atoms with Gasteiger partial charge in [0.25, 0.3) is 0 Å². The van der Waals surface area contributed by atoms with Crippen LogP contribution in [0.3, 0.4) is 0 Å². The van der Waals surface area contributed by atoms with E-state index in [1.165, 1.54) is 16.7 Å². The number of hydrogen-bond donors (Lipinski definition) is 0. The maximum absolute atomic E-state index is 4.41. The van der Waals surface area contributed by atoms with Crippen LogP contribution >= 0.6 is 11.8 Å². The van der Waals surface area contributed by atoms with Crippen molar-refractivity contribution in [1.82, 2.24) is 14.8 Å². The van der Waals surface area contributed by atoms with Crippen molar-refractivity contribution in [3.05, 3.63) is 71.0 Å². The molecule has 0 atom stereocenters. The minimum absolute atomic E-state index is 0.779. The summed E-state index contributed by atoms with van der Waals surface area (Å²) in [6, 6.07) is 16.9. The second-order valence-electron chi connectivity index (χ2n) is 5.39. The molecule has 3 aromatic rings. The summed E-state index contributed by atoms with van der Waals surface area (Å²) in [4.78, 5) is 0. The summed E-state index contributed by atoms with van der Waals surface area (Å²) < 4.78 is 2.17. The largest absolute Gasteiger partial charge is 0.273 e. The van der Waals surface area contributed by atoms with Crippen LogP contribution in [0.15, 0.2) is 53.7 Å². The number of nitrogens with zero attached hydrogens (tertiary/aromatic N) is 3. The SMILES string of the molecule is CSc1nnc(Cc2ccccc2)n1-c1ccc(C)cc1C. The molecule has 0 radical (unpaired) electrons. The summed E-state index contributed by atoms with van der Waals surface area (Å²) in [7, 11) is 0. The molecule has 0 saturated heterocycles. The molecular formula is C18H19N3S. The maximum Gasteiger partial charge on any atom is 0.195 e. The molecule has 0 aliphatic carbocycles. The Labute approximate surface area is 135 Å². The Morgan fingerprint density at radius 3 is 2.45 bits per heavy atom. The molecule has 3 nitrogen and oxygen atoms in total. The van der Waals surface area contributed by atoms with Crippen molar-refractivity contribution in [1.29, 1.82) is 0 Å². The fraction of sp³-hybridized carbons (Fsp3) is 0.222. The minimum Gasteiger partial charge on any atom is -0.273 e. The predicted molar refractivity (Wildman–Crippen MR) is 91.9 cm³/mol. The molecule has 0 aliphatic heterocycles. The molecule has 0 saturated carbocycles. The van der Waals surface area contributed by atoms with E-state index in [0.717, 1.165) is 23.1 Å². The van der Waals surface area contributed by atoms with E-state index in [-0.39, 0.29) is 0 Å². The fourth-order valence-electron chi connectivity index (χ4n) is 2.62. The van der Waals surface area contributed by atoms with E-state index >= 15 is 0 Å². The Hall–Kier alpha value is -2.07. The summed E-state index contributed by atoms with van der Waals surface area (Å²) in [5, 5.41) is 9.69. The molecule has 4 heteroatoms. The third-order valence-electron chi connectivity index (χ3n) is 3.68. The molecular weight excluding hydrogens is 290 g/mol. The van der Waals surface area contributed by atoms with Crippen molar-refractivity contribution in [3.63, 3.8) is 0 Å². The van der Waals surface area contributed by atoms with Crippen LogP contribution in [-0.2, 0) is 6.42 Å². The molecule has 0 unspecified atom stereocenters. The molecule has 0 amide bonds. The van der Waals surface area contributed by atoms with Crippen molar-refractivity contribution in [3.8, 4) is 5.69 Å². The predicted octanol–water partition coefficient (Wildman–Crippen LogP) is 4.20. The number of thioether (sulfide) groups is 1. The van der Waals surface area contributed by atoms with E-state index in [1.807, 2.05) is 12.3 Å². The molecule has 0 aliphatic rings. The van der Waals surface area contributed by atoms with Gasteiger partial charge >= 0.3 is 0 Å². The van der Waals surface area contributed by atoms with Gasteiger partial charge in [-0.15, -0.1) is 10.2 Å². The summed E-state index contributed by atoms with van der Waals surface area (Å²) in [5.74, 6) is 0.975.